The molecular formula is C48H59F2N11O5. The van der Waals surface area contributed by atoms with Gasteiger partial charge in [0.1, 0.15) is 35.6 Å². The van der Waals surface area contributed by atoms with E-state index in [0.29, 0.717) is 73.8 Å². The van der Waals surface area contributed by atoms with Crippen LogP contribution in [0, 0.1) is 22.5 Å². The molecule has 0 saturated carbocycles. The van der Waals surface area contributed by atoms with Gasteiger partial charge in [-0.15, -0.1) is 0 Å². The van der Waals surface area contributed by atoms with Crippen molar-refractivity contribution in [1.29, 1.82) is 0 Å². The predicted octanol–water partition coefficient (Wildman–Crippen LogP) is 3.77. The summed E-state index contributed by atoms with van der Waals surface area (Å²) in [5, 5.41) is 8.95. The number of carbonyl (C=O) groups is 5. The molecule has 5 amide bonds. The number of imide groups is 2. The van der Waals surface area contributed by atoms with Crippen molar-refractivity contribution in [2.45, 2.75) is 83.3 Å². The number of rotatable bonds is 10. The fraction of sp³-hybridized carbons (Fsp3) is 0.562. The van der Waals surface area contributed by atoms with Crippen LogP contribution in [0.5, 0.6) is 0 Å². The van der Waals surface area contributed by atoms with Crippen molar-refractivity contribution < 1.29 is 32.8 Å². The lowest BCUT2D eigenvalue weighted by Crippen LogP contribution is -2.66. The maximum Gasteiger partial charge on any atom is 0.264 e. The summed E-state index contributed by atoms with van der Waals surface area (Å²) in [4.78, 5) is 85.5. The molecule has 0 aliphatic carbocycles. The first-order valence-electron chi connectivity index (χ1n) is 23.6. The molecule has 0 bridgehead atoms. The van der Waals surface area contributed by atoms with E-state index in [2.05, 4.69) is 59.4 Å². The number of aromatic nitrogens is 2. The molecule has 3 N–H and O–H groups in total. The lowest BCUT2D eigenvalue weighted by atomic mass is 9.82. The average Bonchev–Trinajstić information content (AvgIpc) is 3.97. The van der Waals surface area contributed by atoms with Gasteiger partial charge in [-0.1, -0.05) is 19.9 Å². The molecule has 2 atom stereocenters. The third-order valence-corrected chi connectivity index (χ3v) is 15.5. The Balaban J connectivity index is 0.708. The van der Waals surface area contributed by atoms with Gasteiger partial charge in [-0.3, -0.25) is 39.1 Å². The Kier molecular flexibility index (Phi) is 11.5. The highest BCUT2D eigenvalue weighted by Crippen LogP contribution is 2.44. The topological polar surface area (TPSA) is 167 Å². The van der Waals surface area contributed by atoms with Crippen LogP contribution in [0.1, 0.15) is 91.5 Å². The van der Waals surface area contributed by atoms with E-state index in [9.17, 15) is 24.0 Å². The Morgan fingerprint density at radius 1 is 0.758 bits per heavy atom. The van der Waals surface area contributed by atoms with Gasteiger partial charge in [-0.25, -0.2) is 18.7 Å². The molecule has 6 fully saturated rings. The Morgan fingerprint density at radius 3 is 2.30 bits per heavy atom. The summed E-state index contributed by atoms with van der Waals surface area (Å²) in [6.45, 7) is 13.0. The van der Waals surface area contributed by atoms with E-state index in [4.69, 9.17) is 0 Å². The van der Waals surface area contributed by atoms with Crippen LogP contribution in [-0.4, -0.2) is 144 Å². The third-order valence-electron chi connectivity index (χ3n) is 15.5. The van der Waals surface area contributed by atoms with Crippen LogP contribution in [0.25, 0.3) is 0 Å². The van der Waals surface area contributed by atoms with Gasteiger partial charge in [0, 0.05) is 88.4 Å². The zero-order valence-corrected chi connectivity index (χ0v) is 37.8. The van der Waals surface area contributed by atoms with Crippen molar-refractivity contribution in [3.05, 3.63) is 71.1 Å². The molecule has 18 heteroatoms. The Morgan fingerprint density at radius 2 is 1.52 bits per heavy atom. The van der Waals surface area contributed by atoms with E-state index in [0.717, 1.165) is 82.2 Å². The number of anilines is 4. The molecule has 0 radical (unpaired) electrons. The number of hydrogen-bond donors (Lipinski definition) is 3. The van der Waals surface area contributed by atoms with Crippen LogP contribution in [0.15, 0.2) is 42.7 Å². The summed E-state index contributed by atoms with van der Waals surface area (Å²) >= 11 is 0. The van der Waals surface area contributed by atoms with Crippen LogP contribution in [0.2, 0.25) is 0 Å². The molecular weight excluding hydrogens is 849 g/mol. The smallest absolute Gasteiger partial charge is 0.264 e. The van der Waals surface area contributed by atoms with E-state index < -0.39 is 46.8 Å². The summed E-state index contributed by atoms with van der Waals surface area (Å²) in [6, 6.07) is 8.84. The van der Waals surface area contributed by atoms with Crippen LogP contribution < -0.4 is 30.7 Å². The first kappa shape index (κ1) is 44.1. The van der Waals surface area contributed by atoms with Crippen LogP contribution in [0.4, 0.5) is 31.8 Å². The number of nitrogens with one attached hydrogen (secondary N) is 3. The highest BCUT2D eigenvalue weighted by molar-refractivity contribution is 6.25. The Labute approximate surface area is 383 Å². The molecule has 7 aliphatic heterocycles. The highest BCUT2D eigenvalue weighted by Gasteiger charge is 2.49. The SMILES string of the molecule is CC1(C)CCN(Cc2cc(F)c(N3CC(=O)NC4(CCN(c5cc(NCCN6CC[C@]7(CCN(c8cccc9c8C(=O)N(C8CCC(=O)NC8=O)C9=O)C7)C6)ncn5)CC4)C3)cc2F)CC1. The molecule has 66 heavy (non-hydrogen) atoms. The molecule has 1 unspecified atom stereocenters. The van der Waals surface area contributed by atoms with Gasteiger partial charge < -0.3 is 30.2 Å². The zero-order chi connectivity index (χ0) is 46.0. The minimum Gasteiger partial charge on any atom is -0.370 e. The highest BCUT2D eigenvalue weighted by atomic mass is 19.1. The summed E-state index contributed by atoms with van der Waals surface area (Å²) in [6.07, 6.45) is 6.98. The van der Waals surface area contributed by atoms with Gasteiger partial charge in [0.05, 0.1) is 34.6 Å². The van der Waals surface area contributed by atoms with Crippen molar-refractivity contribution in [2.75, 3.05) is 98.6 Å². The summed E-state index contributed by atoms with van der Waals surface area (Å²) in [5.41, 5.74) is 1.54. The number of piperidine rings is 3. The van der Waals surface area contributed by atoms with Gasteiger partial charge in [0.25, 0.3) is 11.8 Å². The van der Waals surface area contributed by atoms with E-state index in [-0.39, 0.29) is 41.8 Å². The van der Waals surface area contributed by atoms with E-state index in [1.165, 1.54) is 12.1 Å². The van der Waals surface area contributed by atoms with Crippen molar-refractivity contribution in [3.8, 4) is 0 Å². The number of fused-ring (bicyclic) bond motifs is 1. The monoisotopic (exact) mass is 907 g/mol. The number of halogens is 2. The molecule has 2 spiro atoms. The second kappa shape index (κ2) is 17.2. The number of nitrogens with zero attached hydrogens (tertiary/aromatic N) is 8. The molecule has 1 aromatic heterocycles. The first-order valence-corrected chi connectivity index (χ1v) is 23.6. The number of benzene rings is 2. The number of carbonyl (C=O) groups excluding carboxylic acids is 5. The fourth-order valence-electron chi connectivity index (χ4n) is 11.5. The fourth-order valence-corrected chi connectivity index (χ4v) is 11.5. The van der Waals surface area contributed by atoms with Crippen LogP contribution in [0.3, 0.4) is 0 Å². The third kappa shape index (κ3) is 8.57. The minimum atomic E-state index is -1.00. The molecule has 3 aromatic rings. The van der Waals surface area contributed by atoms with Gasteiger partial charge in [0.2, 0.25) is 17.7 Å². The van der Waals surface area contributed by atoms with Crippen molar-refractivity contribution in [3.63, 3.8) is 0 Å². The van der Waals surface area contributed by atoms with E-state index in [1.807, 2.05) is 12.1 Å². The van der Waals surface area contributed by atoms with Crippen molar-refractivity contribution >= 4 is 52.5 Å². The van der Waals surface area contributed by atoms with Gasteiger partial charge in [-0.05, 0) is 88.2 Å². The van der Waals surface area contributed by atoms with E-state index >= 15 is 8.78 Å². The first-order chi connectivity index (χ1) is 31.7. The maximum atomic E-state index is 15.7. The molecule has 6 saturated heterocycles. The minimum absolute atomic E-state index is 0.0323. The van der Waals surface area contributed by atoms with Gasteiger partial charge in [-0.2, -0.15) is 0 Å². The second-order valence-electron chi connectivity index (χ2n) is 20.5. The number of hydrogen-bond acceptors (Lipinski definition) is 13. The quantitative estimate of drug-likeness (QED) is 0.252. The maximum absolute atomic E-state index is 15.7. The molecule has 7 aliphatic rings. The predicted molar refractivity (Wildman–Crippen MR) is 243 cm³/mol. The van der Waals surface area contributed by atoms with Gasteiger partial charge >= 0.3 is 0 Å². The number of amides is 5. The van der Waals surface area contributed by atoms with Crippen LogP contribution in [-0.2, 0) is 20.9 Å². The summed E-state index contributed by atoms with van der Waals surface area (Å²) in [5.74, 6) is -1.66. The zero-order valence-electron chi connectivity index (χ0n) is 37.8. The normalized spacial score (nSPS) is 25.6. The lowest BCUT2D eigenvalue weighted by Gasteiger charge is -2.48. The summed E-state index contributed by atoms with van der Waals surface area (Å²) < 4.78 is 31.2. The number of likely N-dealkylation sites (tertiary alicyclic amines) is 2. The summed E-state index contributed by atoms with van der Waals surface area (Å²) in [7, 11) is 0. The molecule has 10 rings (SSSR count). The Hall–Kier alpha value is -5.75. The molecule has 8 heterocycles. The molecule has 350 valence electrons. The van der Waals surface area contributed by atoms with Gasteiger partial charge in [0.15, 0.2) is 0 Å². The largest absolute Gasteiger partial charge is 0.370 e. The number of piperazine rings is 1. The second-order valence-corrected chi connectivity index (χ2v) is 20.5. The van der Waals surface area contributed by atoms with E-state index in [1.54, 1.807) is 23.4 Å². The Bertz CT molecular complexity index is 2450. The molecule has 2 aromatic carbocycles. The average molecular weight is 908 g/mol. The van der Waals surface area contributed by atoms with Crippen LogP contribution >= 0.6 is 0 Å². The molecule has 16 nitrogen and oxygen atoms in total. The van der Waals surface area contributed by atoms with Crippen molar-refractivity contribution in [1.82, 2.24) is 35.3 Å². The van der Waals surface area contributed by atoms with Crippen molar-refractivity contribution in [2.24, 2.45) is 10.8 Å². The standard InChI is InChI=1S/C48H59F2N11O5/c1-46(2)8-15-56(16-9-46)25-31-22-34(50)37(23-33(31)49)60-26-41(63)55-48(29-60)12-19-58(20-13-48)39-24-38(52-30-53-39)51-14-21-57-17-10-47(27-57)11-18-59(28-47)35-5-3-4-32-42(35)45(66)61(44(32)65)36-6-7-40(62)54-43(36)64/h3-5,22-24,30,36H,6-21,25-29H2,1-2H3,(H,55,63)(H,51,52,53)(H,54,62,64)/t36?,47-/m0/s1. The lowest BCUT2D eigenvalue weighted by molar-refractivity contribution is -0.136.